The highest BCUT2D eigenvalue weighted by atomic mass is 35.5. The van der Waals surface area contributed by atoms with Gasteiger partial charge in [-0.1, -0.05) is 36.0 Å². The third kappa shape index (κ3) is 3.30. The lowest BCUT2D eigenvalue weighted by Gasteiger charge is -2.09. The highest BCUT2D eigenvalue weighted by molar-refractivity contribution is 7.80. The molecular formula is C11H10ClN3S. The molecule has 5 heteroatoms. The first-order valence-electron chi connectivity index (χ1n) is 4.55. The lowest BCUT2D eigenvalue weighted by molar-refractivity contribution is 1.11. The molecule has 82 valence electrons. The van der Waals surface area contributed by atoms with Crippen LogP contribution in [0.4, 0.5) is 0 Å². The molecular weight excluding hydrogens is 242 g/mol. The van der Waals surface area contributed by atoms with Gasteiger partial charge in [-0.15, -0.1) is 0 Å². The first kappa shape index (κ1) is 12.6. The zero-order valence-corrected chi connectivity index (χ0v) is 9.98. The molecule has 0 amide bonds. The molecule has 1 rings (SSSR count). The van der Waals surface area contributed by atoms with Gasteiger partial charge in [0.15, 0.2) is 0 Å². The fraction of sp³-hybridized carbons (Fsp3) is 0.182. The highest BCUT2D eigenvalue weighted by Gasteiger charge is 2.16. The predicted molar refractivity (Wildman–Crippen MR) is 68.8 cm³/mol. The van der Waals surface area contributed by atoms with Gasteiger partial charge in [-0.3, -0.25) is 0 Å². The summed E-state index contributed by atoms with van der Waals surface area (Å²) in [6.07, 6.45) is 0.354. The van der Waals surface area contributed by atoms with Gasteiger partial charge in [0.05, 0.1) is 11.1 Å². The van der Waals surface area contributed by atoms with E-state index >= 15 is 0 Å². The zero-order valence-electron chi connectivity index (χ0n) is 8.40. The number of thiocarbonyl (C=S) groups is 1. The van der Waals surface area contributed by atoms with Gasteiger partial charge in [-0.05, 0) is 17.7 Å². The van der Waals surface area contributed by atoms with Crippen molar-refractivity contribution in [3.8, 4) is 6.07 Å². The van der Waals surface area contributed by atoms with Crippen LogP contribution in [0.2, 0.25) is 5.02 Å². The molecule has 0 spiro atoms. The van der Waals surface area contributed by atoms with Crippen LogP contribution < -0.4 is 5.73 Å². The van der Waals surface area contributed by atoms with Crippen LogP contribution >= 0.6 is 23.8 Å². The van der Waals surface area contributed by atoms with Crippen LogP contribution in [0.25, 0.3) is 0 Å². The number of hydrogen-bond donors (Lipinski definition) is 2. The number of nitrogens with zero attached hydrogens (tertiary/aromatic N) is 1. The van der Waals surface area contributed by atoms with Gasteiger partial charge in [0, 0.05) is 17.2 Å². The lowest BCUT2D eigenvalue weighted by atomic mass is 9.98. The largest absolute Gasteiger partial charge is 0.392 e. The van der Waals surface area contributed by atoms with Crippen molar-refractivity contribution in [2.45, 2.75) is 6.42 Å². The van der Waals surface area contributed by atoms with Gasteiger partial charge in [0.25, 0.3) is 0 Å². The summed E-state index contributed by atoms with van der Waals surface area (Å²) in [5.74, 6) is -0.786. The molecule has 1 unspecified atom stereocenters. The Labute approximate surface area is 104 Å². The van der Waals surface area contributed by atoms with E-state index in [1.54, 1.807) is 12.1 Å². The maximum absolute atomic E-state index is 8.81. The number of halogens is 1. The van der Waals surface area contributed by atoms with E-state index in [9.17, 15) is 0 Å². The van der Waals surface area contributed by atoms with E-state index in [4.69, 9.17) is 40.2 Å². The van der Waals surface area contributed by atoms with Crippen molar-refractivity contribution in [2.75, 3.05) is 0 Å². The normalized spacial score (nSPS) is 11.5. The molecule has 0 aliphatic carbocycles. The summed E-state index contributed by atoms with van der Waals surface area (Å²) in [5.41, 5.74) is 6.49. The summed E-state index contributed by atoms with van der Waals surface area (Å²) >= 11 is 10.5. The van der Waals surface area contributed by atoms with Crippen molar-refractivity contribution in [3.05, 3.63) is 34.9 Å². The number of hydrogen-bond acceptors (Lipinski definition) is 3. The number of rotatable bonds is 4. The molecule has 0 saturated carbocycles. The van der Waals surface area contributed by atoms with Gasteiger partial charge < -0.3 is 11.1 Å². The summed E-state index contributed by atoms with van der Waals surface area (Å²) in [4.78, 5) is 0.0430. The van der Waals surface area contributed by atoms with Crippen LogP contribution in [-0.2, 0) is 6.42 Å². The fourth-order valence-electron chi connectivity index (χ4n) is 1.24. The van der Waals surface area contributed by atoms with Gasteiger partial charge in [-0.25, -0.2) is 0 Å². The molecule has 0 aromatic heterocycles. The molecule has 1 atom stereocenters. The summed E-state index contributed by atoms with van der Waals surface area (Å²) in [5, 5.41) is 17.2. The molecule has 3 nitrogen and oxygen atoms in total. The molecule has 3 N–H and O–H groups in total. The minimum absolute atomic E-state index is 0.0430. The molecule has 0 radical (unpaired) electrons. The van der Waals surface area contributed by atoms with E-state index in [-0.39, 0.29) is 10.7 Å². The molecule has 0 aliphatic rings. The minimum atomic E-state index is -0.786. The summed E-state index contributed by atoms with van der Waals surface area (Å²) in [6, 6.07) is 9.02. The summed E-state index contributed by atoms with van der Waals surface area (Å²) in [7, 11) is 0. The average molecular weight is 252 g/mol. The quantitative estimate of drug-likeness (QED) is 0.637. The van der Waals surface area contributed by atoms with Crippen molar-refractivity contribution < 1.29 is 0 Å². The lowest BCUT2D eigenvalue weighted by Crippen LogP contribution is -2.28. The fourth-order valence-corrected chi connectivity index (χ4v) is 1.56. The predicted octanol–water partition coefficient (Wildman–Crippen LogP) is 2.33. The third-order valence-corrected chi connectivity index (χ3v) is 2.56. The molecule has 1 aromatic carbocycles. The molecule has 0 saturated heterocycles. The topological polar surface area (TPSA) is 73.7 Å². The van der Waals surface area contributed by atoms with Gasteiger partial charge in [-0.2, -0.15) is 5.26 Å². The third-order valence-electron chi connectivity index (χ3n) is 2.07. The second-order valence-electron chi connectivity index (χ2n) is 3.29. The Morgan fingerprint density at radius 3 is 2.50 bits per heavy atom. The zero-order chi connectivity index (χ0) is 12.1. The van der Waals surface area contributed by atoms with E-state index in [1.807, 2.05) is 18.2 Å². The van der Waals surface area contributed by atoms with Crippen LogP contribution in [0.5, 0.6) is 0 Å². The number of benzene rings is 1. The van der Waals surface area contributed by atoms with E-state index in [1.165, 1.54) is 0 Å². The number of nitriles is 1. The molecule has 0 fully saturated rings. The van der Waals surface area contributed by atoms with E-state index in [0.717, 1.165) is 5.56 Å². The SMILES string of the molecule is N#CC(C(=N)Cc1ccc(Cl)cc1)C(N)=S. The number of nitrogens with two attached hydrogens (primary N) is 1. The van der Waals surface area contributed by atoms with Crippen molar-refractivity contribution in [1.82, 2.24) is 0 Å². The molecule has 0 bridgehead atoms. The highest BCUT2D eigenvalue weighted by Crippen LogP contribution is 2.12. The molecule has 1 aromatic rings. The van der Waals surface area contributed by atoms with Crippen LogP contribution in [0, 0.1) is 22.7 Å². The molecule has 0 heterocycles. The van der Waals surface area contributed by atoms with Crippen LogP contribution in [0.1, 0.15) is 5.56 Å². The van der Waals surface area contributed by atoms with E-state index in [0.29, 0.717) is 11.4 Å². The maximum atomic E-state index is 8.81. The first-order valence-corrected chi connectivity index (χ1v) is 5.34. The van der Waals surface area contributed by atoms with Crippen LogP contribution in [-0.4, -0.2) is 10.7 Å². The first-order chi connectivity index (χ1) is 7.54. The molecule has 16 heavy (non-hydrogen) atoms. The Hall–Kier alpha value is -1.44. The Morgan fingerprint density at radius 2 is 2.06 bits per heavy atom. The second-order valence-corrected chi connectivity index (χ2v) is 4.20. The summed E-state index contributed by atoms with van der Waals surface area (Å²) < 4.78 is 0. The molecule has 0 aliphatic heterocycles. The van der Waals surface area contributed by atoms with E-state index in [2.05, 4.69) is 0 Å². The monoisotopic (exact) mass is 251 g/mol. The Morgan fingerprint density at radius 1 is 1.50 bits per heavy atom. The Balaban J connectivity index is 2.75. The van der Waals surface area contributed by atoms with Gasteiger partial charge in [0.1, 0.15) is 5.92 Å². The van der Waals surface area contributed by atoms with E-state index < -0.39 is 5.92 Å². The smallest absolute Gasteiger partial charge is 0.134 e. The Kier molecular flexibility index (Phi) is 4.41. The van der Waals surface area contributed by atoms with Gasteiger partial charge in [0.2, 0.25) is 0 Å². The second kappa shape index (κ2) is 5.59. The standard InChI is InChI=1S/C11H10ClN3S/c12-8-3-1-7(2-4-8)5-10(14)9(6-13)11(15)16/h1-4,9,14H,5H2,(H2,15,16). The van der Waals surface area contributed by atoms with Crippen molar-refractivity contribution in [2.24, 2.45) is 11.7 Å². The van der Waals surface area contributed by atoms with Crippen molar-refractivity contribution >= 4 is 34.5 Å². The average Bonchev–Trinajstić information content (AvgIpc) is 2.22. The number of nitrogens with one attached hydrogen (secondary N) is 1. The van der Waals surface area contributed by atoms with Crippen LogP contribution in [0.3, 0.4) is 0 Å². The van der Waals surface area contributed by atoms with Crippen molar-refractivity contribution in [1.29, 1.82) is 10.7 Å². The summed E-state index contributed by atoms with van der Waals surface area (Å²) in [6.45, 7) is 0. The van der Waals surface area contributed by atoms with Crippen molar-refractivity contribution in [3.63, 3.8) is 0 Å². The Bertz CT molecular complexity index is 447. The van der Waals surface area contributed by atoms with Crippen LogP contribution in [0.15, 0.2) is 24.3 Å². The minimum Gasteiger partial charge on any atom is -0.392 e. The maximum Gasteiger partial charge on any atom is 0.134 e. The van der Waals surface area contributed by atoms with Gasteiger partial charge >= 0.3 is 0 Å².